The predicted octanol–water partition coefficient (Wildman–Crippen LogP) is 4.62. The van der Waals surface area contributed by atoms with Gasteiger partial charge in [-0.2, -0.15) is 5.26 Å². The highest BCUT2D eigenvalue weighted by Gasteiger charge is 2.45. The second-order valence-corrected chi connectivity index (χ2v) is 17.2. The van der Waals surface area contributed by atoms with Gasteiger partial charge in [0.05, 0.1) is 43.1 Å². The molecule has 15 heteroatoms. The smallest absolute Gasteiger partial charge is 0.262 e. The zero-order valence-corrected chi connectivity index (χ0v) is 36.9. The lowest BCUT2D eigenvalue weighted by Gasteiger charge is -2.39. The Balaban J connectivity index is 0.667. The van der Waals surface area contributed by atoms with Gasteiger partial charge in [0.25, 0.3) is 11.8 Å². The normalized spacial score (nSPS) is 18.7. The van der Waals surface area contributed by atoms with Crippen molar-refractivity contribution >= 4 is 35.0 Å². The third-order valence-electron chi connectivity index (χ3n) is 13.2. The minimum atomic E-state index is -0.963. The zero-order chi connectivity index (χ0) is 44.7. The standard InChI is InChI=1S/C49H58N8O7/c1-33-43(30-50)46(37-5-7-38(51)8-6-37)34(2)56(33)32-35-3-10-40(11-4-35)64-28-27-63-26-25-62-24-23-53-17-15-36(16-18-53)31-54-19-21-55(22-20-54)39-9-12-41-42(29-39)49(61)57(48(41)60)44-13-14-45(58)52-47(44)59/h3-12,29,36,44H,13-28,31-32,51H2,1-2H3,(H,52,58,59). The molecule has 0 bridgehead atoms. The Kier molecular flexibility index (Phi) is 14.1. The van der Waals surface area contributed by atoms with E-state index >= 15 is 0 Å². The average Bonchev–Trinajstić information content (AvgIpc) is 3.69. The zero-order valence-electron chi connectivity index (χ0n) is 36.9. The molecule has 0 aliphatic carbocycles. The average molecular weight is 871 g/mol. The fraction of sp³-hybridized carbons (Fsp3) is 0.449. The van der Waals surface area contributed by atoms with Gasteiger partial charge >= 0.3 is 0 Å². The Morgan fingerprint density at radius 2 is 1.44 bits per heavy atom. The number of piperazine rings is 1. The van der Waals surface area contributed by atoms with Gasteiger partial charge in [0.2, 0.25) is 11.8 Å². The maximum Gasteiger partial charge on any atom is 0.262 e. The number of benzene rings is 3. The molecule has 3 N–H and O–H groups in total. The molecular formula is C49H58N8O7. The first-order valence-corrected chi connectivity index (χ1v) is 22.5. The van der Waals surface area contributed by atoms with Crippen molar-refractivity contribution in [3.8, 4) is 22.9 Å². The van der Waals surface area contributed by atoms with Crippen LogP contribution in [-0.4, -0.2) is 134 Å². The Morgan fingerprint density at radius 1 is 0.750 bits per heavy atom. The van der Waals surface area contributed by atoms with Crippen LogP contribution >= 0.6 is 0 Å². The molecule has 3 fully saturated rings. The molecule has 4 aromatic rings. The fourth-order valence-electron chi connectivity index (χ4n) is 9.47. The first-order valence-electron chi connectivity index (χ1n) is 22.5. The minimum Gasteiger partial charge on any atom is -0.491 e. The number of nitrogen functional groups attached to an aromatic ring is 1. The van der Waals surface area contributed by atoms with Crippen molar-refractivity contribution in [3.05, 3.63) is 100 Å². The van der Waals surface area contributed by atoms with Crippen LogP contribution in [0.5, 0.6) is 5.75 Å². The molecule has 64 heavy (non-hydrogen) atoms. The van der Waals surface area contributed by atoms with Gasteiger partial charge in [0, 0.05) is 80.6 Å². The van der Waals surface area contributed by atoms with E-state index in [0.717, 1.165) is 96.8 Å². The summed E-state index contributed by atoms with van der Waals surface area (Å²) in [6.07, 6.45) is 2.57. The van der Waals surface area contributed by atoms with Gasteiger partial charge in [-0.15, -0.1) is 0 Å². The molecule has 336 valence electrons. The number of ether oxygens (including phenoxy) is 3. The SMILES string of the molecule is Cc1c(C#N)c(-c2ccc(N)cc2)c(C)n1Cc1ccc(OCCOCCOCCN2CCC(CN3CCN(c4ccc5c(c4)C(=O)N(C4CCC(=O)NC4=O)C5=O)CC3)CC2)cc1. The van der Waals surface area contributed by atoms with Crippen molar-refractivity contribution in [2.75, 3.05) is 96.0 Å². The van der Waals surface area contributed by atoms with Crippen molar-refractivity contribution in [1.29, 1.82) is 5.26 Å². The Bertz CT molecular complexity index is 2370. The summed E-state index contributed by atoms with van der Waals surface area (Å²) in [4.78, 5) is 58.8. The van der Waals surface area contributed by atoms with Crippen LogP contribution in [0.4, 0.5) is 11.4 Å². The molecule has 4 aliphatic rings. The van der Waals surface area contributed by atoms with E-state index in [9.17, 15) is 24.4 Å². The number of hydrogen-bond donors (Lipinski definition) is 2. The summed E-state index contributed by atoms with van der Waals surface area (Å²) in [5.74, 6) is -0.497. The van der Waals surface area contributed by atoms with Crippen molar-refractivity contribution < 1.29 is 33.4 Å². The first-order chi connectivity index (χ1) is 31.1. The molecule has 0 saturated carbocycles. The van der Waals surface area contributed by atoms with Gasteiger partial charge in [-0.3, -0.25) is 34.3 Å². The van der Waals surface area contributed by atoms with Gasteiger partial charge < -0.3 is 34.3 Å². The lowest BCUT2D eigenvalue weighted by Crippen LogP contribution is -2.54. The number of amides is 4. The maximum absolute atomic E-state index is 13.3. The molecule has 1 aromatic heterocycles. The molecular weight excluding hydrogens is 813 g/mol. The number of aromatic nitrogens is 1. The lowest BCUT2D eigenvalue weighted by atomic mass is 9.96. The van der Waals surface area contributed by atoms with Crippen LogP contribution in [-0.2, 0) is 25.6 Å². The molecule has 0 spiro atoms. The van der Waals surface area contributed by atoms with Gasteiger partial charge in [-0.1, -0.05) is 24.3 Å². The van der Waals surface area contributed by atoms with E-state index in [2.05, 4.69) is 49.7 Å². The van der Waals surface area contributed by atoms with E-state index in [-0.39, 0.29) is 18.7 Å². The third kappa shape index (κ3) is 10.0. The molecule has 8 rings (SSSR count). The highest BCUT2D eigenvalue weighted by Crippen LogP contribution is 2.34. The van der Waals surface area contributed by atoms with Gasteiger partial charge in [0.15, 0.2) is 0 Å². The summed E-state index contributed by atoms with van der Waals surface area (Å²) in [7, 11) is 0. The second kappa shape index (κ2) is 20.2. The van der Waals surface area contributed by atoms with Crippen LogP contribution in [0.3, 0.4) is 0 Å². The summed E-state index contributed by atoms with van der Waals surface area (Å²) < 4.78 is 19.8. The Labute approximate surface area is 374 Å². The number of imide groups is 2. The molecule has 5 heterocycles. The second-order valence-electron chi connectivity index (χ2n) is 17.2. The number of likely N-dealkylation sites (tertiary alicyclic amines) is 1. The van der Waals surface area contributed by atoms with E-state index in [4.69, 9.17) is 19.9 Å². The number of fused-ring (bicyclic) bond motifs is 1. The number of nitrogens with zero attached hydrogens (tertiary/aromatic N) is 6. The Morgan fingerprint density at radius 3 is 2.14 bits per heavy atom. The third-order valence-corrected chi connectivity index (χ3v) is 13.2. The van der Waals surface area contributed by atoms with Crippen LogP contribution in [0.25, 0.3) is 11.1 Å². The highest BCUT2D eigenvalue weighted by atomic mass is 16.5. The van der Waals surface area contributed by atoms with E-state index < -0.39 is 23.8 Å². The Hall–Kier alpha value is -6.05. The number of nitrogens with two attached hydrogens (primary N) is 1. The number of piperidine rings is 2. The summed E-state index contributed by atoms with van der Waals surface area (Å²) in [5.41, 5.74) is 13.8. The van der Waals surface area contributed by atoms with E-state index in [1.807, 2.05) is 49.4 Å². The molecule has 0 radical (unpaired) electrons. The molecule has 15 nitrogen and oxygen atoms in total. The number of nitriles is 1. The van der Waals surface area contributed by atoms with E-state index in [1.54, 1.807) is 12.1 Å². The molecule has 3 saturated heterocycles. The first kappa shape index (κ1) is 44.6. The van der Waals surface area contributed by atoms with Crippen molar-refractivity contribution in [1.82, 2.24) is 24.6 Å². The topological polar surface area (TPSA) is 176 Å². The van der Waals surface area contributed by atoms with Gasteiger partial charge in [0.1, 0.15) is 24.5 Å². The largest absolute Gasteiger partial charge is 0.491 e. The van der Waals surface area contributed by atoms with Crippen molar-refractivity contribution in [2.24, 2.45) is 5.92 Å². The summed E-state index contributed by atoms with van der Waals surface area (Å²) >= 11 is 0. The molecule has 4 aliphatic heterocycles. The van der Waals surface area contributed by atoms with Crippen LogP contribution < -0.4 is 20.7 Å². The predicted molar refractivity (Wildman–Crippen MR) is 242 cm³/mol. The van der Waals surface area contributed by atoms with Crippen LogP contribution in [0, 0.1) is 31.1 Å². The summed E-state index contributed by atoms with van der Waals surface area (Å²) in [6, 6.07) is 22.5. The quantitative estimate of drug-likeness (QED) is 0.0858. The summed E-state index contributed by atoms with van der Waals surface area (Å²) in [6.45, 7) is 15.0. The highest BCUT2D eigenvalue weighted by molar-refractivity contribution is 6.23. The molecule has 3 aromatic carbocycles. The van der Waals surface area contributed by atoms with Crippen LogP contribution in [0.2, 0.25) is 0 Å². The van der Waals surface area contributed by atoms with Gasteiger partial charge in [-0.25, -0.2) is 0 Å². The lowest BCUT2D eigenvalue weighted by molar-refractivity contribution is -0.136. The van der Waals surface area contributed by atoms with Crippen LogP contribution in [0.1, 0.15) is 68.9 Å². The number of carbonyl (C=O) groups is 4. The number of anilines is 2. The van der Waals surface area contributed by atoms with Gasteiger partial charge in [-0.05, 0) is 106 Å². The number of nitrogens with one attached hydrogen (secondary N) is 1. The number of rotatable bonds is 17. The van der Waals surface area contributed by atoms with Crippen molar-refractivity contribution in [3.63, 3.8) is 0 Å². The van der Waals surface area contributed by atoms with Crippen LogP contribution in [0.15, 0.2) is 66.7 Å². The van der Waals surface area contributed by atoms with Crippen molar-refractivity contribution in [2.45, 2.75) is 52.1 Å². The minimum absolute atomic E-state index is 0.0992. The molecule has 4 amide bonds. The summed E-state index contributed by atoms with van der Waals surface area (Å²) in [5, 5.41) is 12.2. The maximum atomic E-state index is 13.3. The number of hydrogen-bond acceptors (Lipinski definition) is 12. The van der Waals surface area contributed by atoms with E-state index in [1.165, 1.54) is 12.8 Å². The van der Waals surface area contributed by atoms with E-state index in [0.29, 0.717) is 67.9 Å². The molecule has 1 unspecified atom stereocenters. The number of carbonyl (C=O) groups excluding carboxylic acids is 4. The molecule has 1 atom stereocenters. The fourth-order valence-corrected chi connectivity index (χ4v) is 9.47. The monoisotopic (exact) mass is 870 g/mol.